The van der Waals surface area contributed by atoms with E-state index in [1.165, 1.54) is 11.7 Å². The maximum atomic E-state index is 11.9. The highest BCUT2D eigenvalue weighted by molar-refractivity contribution is 6.00. The first kappa shape index (κ1) is 23.8. The summed E-state index contributed by atoms with van der Waals surface area (Å²) >= 11 is 0. The van der Waals surface area contributed by atoms with Crippen LogP contribution in [-0.2, 0) is 20.7 Å². The smallest absolute Gasteiger partial charge is 0.346 e. The van der Waals surface area contributed by atoms with Crippen molar-refractivity contribution in [3.8, 4) is 23.3 Å². The number of nitrogens with zero attached hydrogens (tertiary/aromatic N) is 3. The third-order valence-electron chi connectivity index (χ3n) is 7.57. The van der Waals surface area contributed by atoms with Crippen LogP contribution in [0.1, 0.15) is 41.3 Å². The van der Waals surface area contributed by atoms with Gasteiger partial charge in [-0.25, -0.2) is 9.64 Å². The van der Waals surface area contributed by atoms with Crippen molar-refractivity contribution in [2.45, 2.75) is 37.1 Å². The molecule has 3 unspecified atom stereocenters. The largest absolute Gasteiger partial charge is 0.494 e. The molecule has 38 heavy (non-hydrogen) atoms. The second kappa shape index (κ2) is 8.24. The van der Waals surface area contributed by atoms with Crippen LogP contribution in [0.2, 0.25) is 0 Å². The van der Waals surface area contributed by atoms with Crippen molar-refractivity contribution >= 4 is 22.4 Å². The van der Waals surface area contributed by atoms with Gasteiger partial charge in [0.1, 0.15) is 17.5 Å². The molecule has 2 aromatic heterocycles. The lowest BCUT2D eigenvalue weighted by Crippen LogP contribution is -2.33. The lowest BCUT2D eigenvalue weighted by atomic mass is 9.76. The number of carbonyl (C=O) groups is 1. The molecule has 0 aliphatic carbocycles. The zero-order valence-corrected chi connectivity index (χ0v) is 20.5. The predicted molar refractivity (Wildman–Crippen MR) is 132 cm³/mol. The van der Waals surface area contributed by atoms with E-state index in [2.05, 4.69) is 10.0 Å². The van der Waals surface area contributed by atoms with Crippen LogP contribution in [0.25, 0.3) is 21.3 Å². The Morgan fingerprint density at radius 3 is 2.68 bits per heavy atom. The number of hydrogen-bond donors (Lipinski definition) is 3. The van der Waals surface area contributed by atoms with Crippen LogP contribution in [0.5, 0.6) is 17.6 Å². The van der Waals surface area contributed by atoms with Gasteiger partial charge in [-0.15, -0.1) is 0 Å². The van der Waals surface area contributed by atoms with E-state index < -0.39 is 23.3 Å². The van der Waals surface area contributed by atoms with Gasteiger partial charge in [-0.05, 0) is 28.9 Å². The average Bonchev–Trinajstić information content (AvgIpc) is 3.62. The van der Waals surface area contributed by atoms with E-state index in [1.54, 1.807) is 25.1 Å². The Balaban J connectivity index is 1.42. The molecule has 1 fully saturated rings. The highest BCUT2D eigenvalue weighted by atomic mass is 16.6. The number of fused-ring (bicyclic) bond motifs is 6. The van der Waals surface area contributed by atoms with Crippen LogP contribution in [0, 0.1) is 6.57 Å². The summed E-state index contributed by atoms with van der Waals surface area (Å²) in [5.41, 5.74) is -0.859. The first-order chi connectivity index (χ1) is 18.3. The molecule has 2 bridgehead atoms. The van der Waals surface area contributed by atoms with Crippen LogP contribution >= 0.6 is 0 Å². The van der Waals surface area contributed by atoms with Crippen molar-refractivity contribution in [2.24, 2.45) is 0 Å². The van der Waals surface area contributed by atoms with E-state index in [9.17, 15) is 20.1 Å². The normalized spacial score (nSPS) is 23.4. The fourth-order valence-corrected chi connectivity index (χ4v) is 5.80. The van der Waals surface area contributed by atoms with E-state index in [0.717, 1.165) is 6.26 Å². The molecule has 0 saturated carbocycles. The van der Waals surface area contributed by atoms with Gasteiger partial charge in [0.2, 0.25) is 11.8 Å². The van der Waals surface area contributed by atoms with Gasteiger partial charge < -0.3 is 34.1 Å². The fraction of sp³-hybridized carbons (Fsp3) is 0.296. The highest BCUT2D eigenvalue weighted by Crippen LogP contribution is 2.65. The summed E-state index contributed by atoms with van der Waals surface area (Å²) < 4.78 is 22.9. The number of methoxy groups -OCH3 is 1. The standard InChI is InChI=1S/C27H23N3O8/c1-26-19(31)12-27(38-26,10-11-36-22-16(13-37-29-22)25(34)35-3)21-20(26)23(32)30(24(21)33)18-9-8-17(28-2)14-6-4-5-7-15(14)18/h4-9,13,19,31-33H,10-12H2,1,3H3. The number of ether oxygens (including phenoxy) is 3. The third kappa shape index (κ3) is 3.08. The lowest BCUT2D eigenvalue weighted by molar-refractivity contribution is -0.107. The molecule has 2 aliphatic heterocycles. The summed E-state index contributed by atoms with van der Waals surface area (Å²) in [6.45, 7) is 9.15. The number of aliphatic hydroxyl groups is 1. The van der Waals surface area contributed by atoms with Crippen LogP contribution in [0.4, 0.5) is 5.69 Å². The number of benzene rings is 2. The average molecular weight is 517 g/mol. The number of rotatable bonds is 6. The summed E-state index contributed by atoms with van der Waals surface area (Å²) in [5, 5.41) is 39.0. The topological polar surface area (TPSA) is 141 Å². The molecule has 1 saturated heterocycles. The molecular weight excluding hydrogens is 494 g/mol. The van der Waals surface area contributed by atoms with E-state index in [4.69, 9.17) is 25.3 Å². The van der Waals surface area contributed by atoms with Crippen molar-refractivity contribution < 1.29 is 38.8 Å². The van der Waals surface area contributed by atoms with E-state index in [0.29, 0.717) is 33.3 Å². The minimum atomic E-state index is -1.28. The molecule has 0 spiro atoms. The molecule has 2 aromatic carbocycles. The molecule has 194 valence electrons. The Labute approximate surface area is 216 Å². The molecule has 4 aromatic rings. The van der Waals surface area contributed by atoms with Crippen LogP contribution in [-0.4, -0.2) is 50.8 Å². The Morgan fingerprint density at radius 2 is 1.95 bits per heavy atom. The Morgan fingerprint density at radius 1 is 1.21 bits per heavy atom. The van der Waals surface area contributed by atoms with Crippen molar-refractivity contribution in [2.75, 3.05) is 13.7 Å². The first-order valence-electron chi connectivity index (χ1n) is 11.9. The number of carbonyl (C=O) groups excluding carboxylic acids is 1. The number of esters is 1. The molecule has 2 aliphatic rings. The quantitative estimate of drug-likeness (QED) is 0.255. The van der Waals surface area contributed by atoms with Gasteiger partial charge in [-0.3, -0.25) is 4.57 Å². The lowest BCUT2D eigenvalue weighted by Gasteiger charge is -2.26. The molecule has 11 nitrogen and oxygen atoms in total. The monoisotopic (exact) mass is 517 g/mol. The molecular formula is C27H23N3O8. The Bertz CT molecular complexity index is 1650. The number of aliphatic hydroxyl groups excluding tert-OH is 1. The molecule has 0 radical (unpaired) electrons. The predicted octanol–water partition coefficient (Wildman–Crippen LogP) is 4.04. The zero-order valence-electron chi connectivity index (χ0n) is 20.5. The number of aromatic nitrogens is 2. The van der Waals surface area contributed by atoms with Gasteiger partial charge in [0.15, 0.2) is 11.3 Å². The second-order valence-corrected chi connectivity index (χ2v) is 9.54. The van der Waals surface area contributed by atoms with Gasteiger partial charge in [0.25, 0.3) is 5.88 Å². The first-order valence-corrected chi connectivity index (χ1v) is 11.9. The summed E-state index contributed by atoms with van der Waals surface area (Å²) in [6, 6.07) is 10.6. The molecule has 11 heteroatoms. The summed E-state index contributed by atoms with van der Waals surface area (Å²) in [5.74, 6) is -1.21. The summed E-state index contributed by atoms with van der Waals surface area (Å²) in [7, 11) is 1.23. The number of aromatic hydroxyl groups is 2. The molecule has 0 amide bonds. The fourth-order valence-electron chi connectivity index (χ4n) is 5.80. The van der Waals surface area contributed by atoms with Crippen molar-refractivity contribution in [3.05, 3.63) is 70.8 Å². The van der Waals surface area contributed by atoms with Gasteiger partial charge in [0.05, 0.1) is 43.2 Å². The summed E-state index contributed by atoms with van der Waals surface area (Å²) in [4.78, 5) is 15.5. The minimum absolute atomic E-state index is 0.00716. The van der Waals surface area contributed by atoms with E-state index in [1.807, 2.05) is 18.2 Å². The zero-order chi connectivity index (χ0) is 26.8. The Kier molecular flexibility index (Phi) is 5.17. The van der Waals surface area contributed by atoms with Crippen LogP contribution in [0.15, 0.2) is 47.2 Å². The van der Waals surface area contributed by atoms with Crippen LogP contribution in [0.3, 0.4) is 0 Å². The SMILES string of the molecule is [C-]#[N+]c1ccc(-n2c(O)c3c(c2O)C2(C)OC3(CCOc3nocc3C(=O)OC)CC2O)c2ccccc12. The summed E-state index contributed by atoms with van der Waals surface area (Å²) in [6.07, 6.45) is 0.467. The molecule has 3 N–H and O–H groups in total. The Hall–Kier alpha value is -4.53. The van der Waals surface area contributed by atoms with Crippen molar-refractivity contribution in [1.29, 1.82) is 0 Å². The number of hydrogen-bond acceptors (Lipinski definition) is 9. The molecule has 3 atom stereocenters. The maximum Gasteiger partial charge on any atom is 0.346 e. The maximum absolute atomic E-state index is 11.9. The molecule has 4 heterocycles. The van der Waals surface area contributed by atoms with Gasteiger partial charge >= 0.3 is 5.97 Å². The van der Waals surface area contributed by atoms with Crippen LogP contribution < -0.4 is 4.74 Å². The van der Waals surface area contributed by atoms with Gasteiger partial charge in [-0.2, -0.15) is 0 Å². The van der Waals surface area contributed by atoms with E-state index >= 15 is 0 Å². The second-order valence-electron chi connectivity index (χ2n) is 9.54. The van der Waals surface area contributed by atoms with Crippen molar-refractivity contribution in [3.63, 3.8) is 0 Å². The third-order valence-corrected chi connectivity index (χ3v) is 7.57. The van der Waals surface area contributed by atoms with E-state index in [-0.39, 0.29) is 42.7 Å². The highest BCUT2D eigenvalue weighted by Gasteiger charge is 2.66. The van der Waals surface area contributed by atoms with Gasteiger partial charge in [0, 0.05) is 12.8 Å². The van der Waals surface area contributed by atoms with Gasteiger partial charge in [-0.1, -0.05) is 30.3 Å². The van der Waals surface area contributed by atoms with Crippen molar-refractivity contribution in [1.82, 2.24) is 9.72 Å². The minimum Gasteiger partial charge on any atom is -0.494 e. The molecule has 6 rings (SSSR count).